The summed E-state index contributed by atoms with van der Waals surface area (Å²) in [5, 5.41) is 13.2. The van der Waals surface area contributed by atoms with Crippen molar-refractivity contribution in [1.29, 1.82) is 0 Å². The van der Waals surface area contributed by atoms with Crippen molar-refractivity contribution in [3.8, 4) is 0 Å². The van der Waals surface area contributed by atoms with Crippen molar-refractivity contribution >= 4 is 11.5 Å². The third kappa shape index (κ3) is 2.51. The molecule has 0 amide bonds. The van der Waals surface area contributed by atoms with Crippen molar-refractivity contribution < 1.29 is 5.11 Å². The van der Waals surface area contributed by atoms with Gasteiger partial charge in [0.05, 0.1) is 11.8 Å². The van der Waals surface area contributed by atoms with E-state index in [2.05, 4.69) is 27.7 Å². The molecule has 0 bridgehead atoms. The van der Waals surface area contributed by atoms with E-state index in [-0.39, 0.29) is 6.10 Å². The van der Waals surface area contributed by atoms with Gasteiger partial charge in [0.15, 0.2) is 5.82 Å². The van der Waals surface area contributed by atoms with Crippen molar-refractivity contribution in [1.82, 2.24) is 14.7 Å². The minimum atomic E-state index is -0.226. The van der Waals surface area contributed by atoms with Crippen LogP contribution in [0.25, 0.3) is 5.65 Å². The number of aliphatic hydroxyl groups is 1. The molecule has 1 atom stereocenters. The summed E-state index contributed by atoms with van der Waals surface area (Å²) in [6, 6.07) is 6.06. The fourth-order valence-electron chi connectivity index (χ4n) is 2.77. The molecule has 2 aromatic heterocycles. The van der Waals surface area contributed by atoms with Crippen molar-refractivity contribution in [3.63, 3.8) is 0 Å². The summed E-state index contributed by atoms with van der Waals surface area (Å²) < 4.78 is 2.14. The van der Waals surface area contributed by atoms with Crippen LogP contribution in [0.5, 0.6) is 0 Å². The maximum absolute atomic E-state index is 9.75. The van der Waals surface area contributed by atoms with Gasteiger partial charge in [0, 0.05) is 25.8 Å². The average molecular weight is 274 g/mol. The van der Waals surface area contributed by atoms with Crippen LogP contribution in [0, 0.1) is 0 Å². The van der Waals surface area contributed by atoms with Crippen molar-refractivity contribution in [2.24, 2.45) is 0 Å². The van der Waals surface area contributed by atoms with Crippen LogP contribution < -0.4 is 10.2 Å². The second kappa shape index (κ2) is 5.81. The van der Waals surface area contributed by atoms with Crippen LogP contribution in [0.2, 0.25) is 0 Å². The monoisotopic (exact) mass is 274 g/mol. The van der Waals surface area contributed by atoms with E-state index in [0.29, 0.717) is 6.54 Å². The van der Waals surface area contributed by atoms with E-state index < -0.39 is 0 Å². The maximum atomic E-state index is 9.75. The number of aliphatic hydroxyl groups excluding tert-OH is 1. The van der Waals surface area contributed by atoms with E-state index in [0.717, 1.165) is 43.9 Å². The van der Waals surface area contributed by atoms with Crippen LogP contribution in [0.15, 0.2) is 24.4 Å². The highest BCUT2D eigenvalue weighted by Gasteiger charge is 2.25. The molecule has 108 valence electrons. The second-order valence-electron chi connectivity index (χ2n) is 5.38. The number of anilines is 1. The highest BCUT2D eigenvalue weighted by molar-refractivity contribution is 5.56. The van der Waals surface area contributed by atoms with E-state index in [1.165, 1.54) is 5.69 Å². The molecule has 1 fully saturated rings. The summed E-state index contributed by atoms with van der Waals surface area (Å²) in [6.07, 6.45) is 3.78. The minimum absolute atomic E-state index is 0.226. The van der Waals surface area contributed by atoms with Crippen molar-refractivity contribution in [2.75, 3.05) is 24.5 Å². The molecule has 1 saturated heterocycles. The first-order valence-electron chi connectivity index (χ1n) is 7.39. The highest BCUT2D eigenvalue weighted by atomic mass is 16.3. The zero-order chi connectivity index (χ0) is 13.9. The molecular weight excluding hydrogens is 252 g/mol. The SMILES string of the molecule is CCCNCc1c(N2CCC(O)C2)nc2ccccn12. The molecule has 1 aliphatic rings. The standard InChI is InChI=1S/C15H22N4O/c1-2-7-16-10-13-15(18-9-6-12(20)11-18)17-14-5-3-4-8-19(13)14/h3-5,8,12,16,20H,2,6-7,9-11H2,1H3. The Hall–Kier alpha value is -1.59. The lowest BCUT2D eigenvalue weighted by atomic mass is 10.3. The predicted octanol–water partition coefficient (Wildman–Crippen LogP) is 1.40. The Morgan fingerprint density at radius 1 is 1.45 bits per heavy atom. The molecule has 2 N–H and O–H groups in total. The van der Waals surface area contributed by atoms with E-state index in [1.54, 1.807) is 0 Å². The summed E-state index contributed by atoms with van der Waals surface area (Å²) in [5.41, 5.74) is 2.15. The smallest absolute Gasteiger partial charge is 0.152 e. The lowest BCUT2D eigenvalue weighted by molar-refractivity contribution is 0.198. The van der Waals surface area contributed by atoms with Crippen LogP contribution >= 0.6 is 0 Å². The number of nitrogens with one attached hydrogen (secondary N) is 1. The lowest BCUT2D eigenvalue weighted by Crippen LogP contribution is -2.24. The number of aromatic nitrogens is 2. The number of imidazole rings is 1. The first-order valence-corrected chi connectivity index (χ1v) is 7.39. The molecule has 1 unspecified atom stereocenters. The molecule has 3 rings (SSSR count). The summed E-state index contributed by atoms with van der Waals surface area (Å²) in [4.78, 5) is 6.94. The van der Waals surface area contributed by atoms with E-state index in [4.69, 9.17) is 4.98 Å². The number of hydrogen-bond acceptors (Lipinski definition) is 4. The zero-order valence-electron chi connectivity index (χ0n) is 11.9. The highest BCUT2D eigenvalue weighted by Crippen LogP contribution is 2.25. The third-order valence-electron chi connectivity index (χ3n) is 3.79. The van der Waals surface area contributed by atoms with Gasteiger partial charge in [-0.25, -0.2) is 4.98 Å². The average Bonchev–Trinajstić information content (AvgIpc) is 3.03. The van der Waals surface area contributed by atoms with Gasteiger partial charge in [-0.1, -0.05) is 13.0 Å². The van der Waals surface area contributed by atoms with Crippen LogP contribution in [-0.4, -0.2) is 40.2 Å². The molecular formula is C15H22N4O. The van der Waals surface area contributed by atoms with Crippen LogP contribution in [-0.2, 0) is 6.54 Å². The second-order valence-corrected chi connectivity index (χ2v) is 5.38. The Morgan fingerprint density at radius 2 is 2.35 bits per heavy atom. The van der Waals surface area contributed by atoms with E-state index >= 15 is 0 Å². The van der Waals surface area contributed by atoms with Gasteiger partial charge in [0.25, 0.3) is 0 Å². The quantitative estimate of drug-likeness (QED) is 0.809. The molecule has 5 nitrogen and oxygen atoms in total. The molecule has 1 aliphatic heterocycles. The van der Waals surface area contributed by atoms with Gasteiger partial charge in [-0.05, 0) is 31.5 Å². The van der Waals surface area contributed by atoms with Gasteiger partial charge >= 0.3 is 0 Å². The molecule has 0 radical (unpaired) electrons. The molecule has 0 aromatic carbocycles. The maximum Gasteiger partial charge on any atom is 0.152 e. The Labute approximate surface area is 119 Å². The first-order chi connectivity index (χ1) is 9.79. The summed E-state index contributed by atoms with van der Waals surface area (Å²) in [7, 11) is 0. The zero-order valence-corrected chi connectivity index (χ0v) is 11.9. The summed E-state index contributed by atoms with van der Waals surface area (Å²) >= 11 is 0. The Morgan fingerprint density at radius 3 is 3.10 bits per heavy atom. The summed E-state index contributed by atoms with van der Waals surface area (Å²) in [5.74, 6) is 1.01. The molecule has 5 heteroatoms. The number of nitrogens with zero attached hydrogens (tertiary/aromatic N) is 3. The van der Waals surface area contributed by atoms with Gasteiger partial charge in [-0.2, -0.15) is 0 Å². The lowest BCUT2D eigenvalue weighted by Gasteiger charge is -2.17. The van der Waals surface area contributed by atoms with Gasteiger partial charge in [0.2, 0.25) is 0 Å². The van der Waals surface area contributed by atoms with Gasteiger partial charge in [-0.15, -0.1) is 0 Å². The normalized spacial score (nSPS) is 19.1. The molecule has 0 saturated carbocycles. The van der Waals surface area contributed by atoms with Gasteiger partial charge in [0.1, 0.15) is 5.65 Å². The molecule has 2 aromatic rings. The predicted molar refractivity (Wildman–Crippen MR) is 80.0 cm³/mol. The molecule has 0 spiro atoms. The Kier molecular flexibility index (Phi) is 3.89. The number of fused-ring (bicyclic) bond motifs is 1. The molecule has 3 heterocycles. The van der Waals surface area contributed by atoms with E-state index in [9.17, 15) is 5.11 Å². The first kappa shape index (κ1) is 13.4. The topological polar surface area (TPSA) is 52.8 Å². The van der Waals surface area contributed by atoms with Crippen LogP contribution in [0.4, 0.5) is 5.82 Å². The Bertz CT molecular complexity index is 580. The number of hydrogen-bond donors (Lipinski definition) is 2. The largest absolute Gasteiger partial charge is 0.391 e. The molecule has 20 heavy (non-hydrogen) atoms. The molecule has 0 aliphatic carbocycles. The van der Waals surface area contributed by atoms with Gasteiger partial charge < -0.3 is 19.7 Å². The Balaban J connectivity index is 1.94. The fourth-order valence-corrected chi connectivity index (χ4v) is 2.77. The number of β-amino-alcohol motifs (C(OH)–C–C–N with tert-alkyl or cyclic N) is 1. The number of rotatable bonds is 5. The van der Waals surface area contributed by atoms with E-state index in [1.807, 2.05) is 18.2 Å². The van der Waals surface area contributed by atoms with Gasteiger partial charge in [-0.3, -0.25) is 0 Å². The number of pyridine rings is 1. The summed E-state index contributed by atoms with van der Waals surface area (Å²) in [6.45, 7) is 5.54. The minimum Gasteiger partial charge on any atom is -0.391 e. The third-order valence-corrected chi connectivity index (χ3v) is 3.79. The van der Waals surface area contributed by atoms with Crippen LogP contribution in [0.1, 0.15) is 25.5 Å². The van der Waals surface area contributed by atoms with Crippen molar-refractivity contribution in [2.45, 2.75) is 32.4 Å². The fraction of sp³-hybridized carbons (Fsp3) is 0.533. The van der Waals surface area contributed by atoms with Crippen LogP contribution in [0.3, 0.4) is 0 Å². The van der Waals surface area contributed by atoms with Crippen molar-refractivity contribution in [3.05, 3.63) is 30.1 Å².